The Hall–Kier alpha value is -2.45. The van der Waals surface area contributed by atoms with Gasteiger partial charge in [0.25, 0.3) is 17.6 Å². The molecule has 2 aromatic rings. The third-order valence-corrected chi connectivity index (χ3v) is 5.44. The molecule has 0 spiro atoms. The van der Waals surface area contributed by atoms with Crippen molar-refractivity contribution in [2.75, 3.05) is 36.4 Å². The number of amides is 2. The molecule has 25 heavy (non-hydrogen) atoms. The lowest BCUT2D eigenvalue weighted by Crippen LogP contribution is -3.19. The summed E-state index contributed by atoms with van der Waals surface area (Å²) >= 11 is 1.31. The Bertz CT molecular complexity index is 741. The first-order valence-corrected chi connectivity index (χ1v) is 9.18. The fourth-order valence-electron chi connectivity index (χ4n) is 3.05. The van der Waals surface area contributed by atoms with E-state index in [1.165, 1.54) is 16.2 Å². The zero-order valence-corrected chi connectivity index (χ0v) is 14.9. The van der Waals surface area contributed by atoms with Crippen molar-refractivity contribution in [3.05, 3.63) is 41.4 Å². The summed E-state index contributed by atoms with van der Waals surface area (Å²) in [5, 5.41) is 5.13. The minimum absolute atomic E-state index is 0.0836. The molecule has 3 heterocycles. The van der Waals surface area contributed by atoms with Gasteiger partial charge in [-0.3, -0.25) is 14.5 Å². The van der Waals surface area contributed by atoms with Crippen molar-refractivity contribution in [3.8, 4) is 0 Å². The highest BCUT2D eigenvalue weighted by atomic mass is 32.1. The first-order valence-electron chi connectivity index (χ1n) is 8.30. The van der Waals surface area contributed by atoms with E-state index in [0.717, 1.165) is 32.0 Å². The highest BCUT2D eigenvalue weighted by Crippen LogP contribution is 2.22. The van der Waals surface area contributed by atoms with Gasteiger partial charge >= 0.3 is 0 Å². The van der Waals surface area contributed by atoms with Crippen molar-refractivity contribution >= 4 is 34.0 Å². The van der Waals surface area contributed by atoms with E-state index in [2.05, 4.69) is 21.3 Å². The zero-order chi connectivity index (χ0) is 17.8. The Morgan fingerprint density at radius 2 is 2.08 bits per heavy atom. The van der Waals surface area contributed by atoms with E-state index in [1.807, 2.05) is 25.3 Å². The molecular weight excluding hydrogens is 338 g/mol. The van der Waals surface area contributed by atoms with E-state index in [-0.39, 0.29) is 11.9 Å². The van der Waals surface area contributed by atoms with Gasteiger partial charge in [0.2, 0.25) is 0 Å². The Balaban J connectivity index is 1.57. The van der Waals surface area contributed by atoms with Crippen molar-refractivity contribution in [2.45, 2.75) is 13.0 Å². The number of aromatic amines is 1. The molecule has 0 aromatic carbocycles. The third-order valence-electron chi connectivity index (χ3n) is 4.61. The molecule has 1 aliphatic rings. The van der Waals surface area contributed by atoms with Crippen LogP contribution in [0.25, 0.3) is 0 Å². The number of pyridine rings is 1. The molecule has 2 aromatic heterocycles. The quantitative estimate of drug-likeness (QED) is 0.663. The van der Waals surface area contributed by atoms with Crippen LogP contribution in [0.15, 0.2) is 35.8 Å². The Labute approximate surface area is 150 Å². The molecule has 1 atom stereocenters. The lowest BCUT2D eigenvalue weighted by atomic mass is 10.2. The van der Waals surface area contributed by atoms with E-state index in [1.54, 1.807) is 11.4 Å². The number of thiophene rings is 1. The van der Waals surface area contributed by atoms with Crippen LogP contribution < -0.4 is 25.8 Å². The number of rotatable bonds is 5. The summed E-state index contributed by atoms with van der Waals surface area (Å²) in [6.45, 7) is 5.46. The fraction of sp³-hybridized carbons (Fsp3) is 0.353. The van der Waals surface area contributed by atoms with Crippen LogP contribution in [-0.4, -0.2) is 44.0 Å². The number of carbonyl (C=O) groups excluding carboxylic acids is 2. The Morgan fingerprint density at radius 1 is 1.32 bits per heavy atom. The monoisotopic (exact) mass is 361 g/mol. The maximum Gasteiger partial charge on any atom is 0.282 e. The summed E-state index contributed by atoms with van der Waals surface area (Å²) in [7, 11) is 0. The van der Waals surface area contributed by atoms with Crippen LogP contribution in [0.5, 0.6) is 0 Å². The van der Waals surface area contributed by atoms with Gasteiger partial charge in [-0.25, -0.2) is 4.98 Å². The molecule has 8 heteroatoms. The van der Waals surface area contributed by atoms with Gasteiger partial charge in [0.15, 0.2) is 6.04 Å². The number of primary amides is 1. The number of piperazine rings is 1. The van der Waals surface area contributed by atoms with E-state index in [9.17, 15) is 9.59 Å². The number of anilines is 2. The van der Waals surface area contributed by atoms with E-state index < -0.39 is 5.91 Å². The summed E-state index contributed by atoms with van der Waals surface area (Å²) in [5.74, 6) is 0.493. The SMILES string of the molecule is C[C@H](C(=O)Nc1sccc1C(N)=O)[NH+]1CCN(c2cccc[nH+]2)CC1. The molecule has 1 fully saturated rings. The molecule has 0 aliphatic carbocycles. The van der Waals surface area contributed by atoms with Crippen LogP contribution in [0.4, 0.5) is 10.8 Å². The van der Waals surface area contributed by atoms with Crippen LogP contribution >= 0.6 is 11.3 Å². The molecule has 2 amide bonds. The summed E-state index contributed by atoms with van der Waals surface area (Å²) in [6.07, 6.45) is 1.92. The van der Waals surface area contributed by atoms with Gasteiger partial charge in [0.05, 0.1) is 11.8 Å². The summed E-state index contributed by atoms with van der Waals surface area (Å²) in [6, 6.07) is 7.48. The number of nitrogens with zero attached hydrogens (tertiary/aromatic N) is 1. The number of nitrogens with one attached hydrogen (secondary N) is 3. The molecule has 1 aliphatic heterocycles. The van der Waals surface area contributed by atoms with E-state index in [0.29, 0.717) is 10.6 Å². The summed E-state index contributed by atoms with van der Waals surface area (Å²) in [4.78, 5) is 30.7. The second-order valence-electron chi connectivity index (χ2n) is 6.13. The van der Waals surface area contributed by atoms with Gasteiger partial charge in [0, 0.05) is 6.07 Å². The van der Waals surface area contributed by atoms with Gasteiger partial charge in [-0.05, 0) is 24.4 Å². The van der Waals surface area contributed by atoms with Crippen molar-refractivity contribution in [2.24, 2.45) is 5.73 Å². The number of nitrogens with two attached hydrogens (primary N) is 1. The fourth-order valence-corrected chi connectivity index (χ4v) is 3.85. The van der Waals surface area contributed by atoms with Crippen LogP contribution in [0.3, 0.4) is 0 Å². The van der Waals surface area contributed by atoms with Crippen molar-refractivity contribution in [1.82, 2.24) is 0 Å². The van der Waals surface area contributed by atoms with Gasteiger partial charge in [-0.1, -0.05) is 6.07 Å². The summed E-state index contributed by atoms with van der Waals surface area (Å²) < 4.78 is 0. The smallest absolute Gasteiger partial charge is 0.282 e. The highest BCUT2D eigenvalue weighted by molar-refractivity contribution is 7.14. The van der Waals surface area contributed by atoms with Crippen LogP contribution in [0, 0.1) is 0 Å². The minimum atomic E-state index is -0.524. The minimum Gasteiger partial charge on any atom is -0.366 e. The average Bonchev–Trinajstić information content (AvgIpc) is 3.10. The molecular formula is C17H23N5O2S+2. The third kappa shape index (κ3) is 3.97. The maximum atomic E-state index is 12.5. The predicted molar refractivity (Wildman–Crippen MR) is 96.8 cm³/mol. The first kappa shape index (κ1) is 17.4. The lowest BCUT2D eigenvalue weighted by Gasteiger charge is -2.31. The molecule has 7 nitrogen and oxygen atoms in total. The lowest BCUT2D eigenvalue weighted by molar-refractivity contribution is -0.914. The standard InChI is InChI=1S/C17H21N5O2S/c1-12(16(24)20-17-13(15(18)23)5-11-25-17)21-7-9-22(10-8-21)14-4-2-3-6-19-14/h2-6,11-12H,7-10H2,1H3,(H2,18,23)(H,20,24)/p+2/t12-/m1/s1. The van der Waals surface area contributed by atoms with Gasteiger partial charge < -0.3 is 16.0 Å². The average molecular weight is 361 g/mol. The Morgan fingerprint density at radius 3 is 2.72 bits per heavy atom. The first-order chi connectivity index (χ1) is 12.1. The van der Waals surface area contributed by atoms with Crippen LogP contribution in [0.2, 0.25) is 0 Å². The molecule has 0 radical (unpaired) electrons. The van der Waals surface area contributed by atoms with Crippen molar-refractivity contribution in [3.63, 3.8) is 0 Å². The topological polar surface area (TPSA) is 94.0 Å². The second-order valence-corrected chi connectivity index (χ2v) is 7.05. The number of quaternary nitrogens is 1. The molecule has 0 unspecified atom stereocenters. The predicted octanol–water partition coefficient (Wildman–Crippen LogP) is -0.607. The number of hydrogen-bond acceptors (Lipinski definition) is 4. The number of carbonyl (C=O) groups is 2. The number of hydrogen-bond donors (Lipinski definition) is 3. The van der Waals surface area contributed by atoms with E-state index >= 15 is 0 Å². The summed E-state index contributed by atoms with van der Waals surface area (Å²) in [5.41, 5.74) is 5.69. The number of H-pyrrole nitrogens is 1. The Kier molecular flexibility index (Phi) is 5.30. The molecule has 132 valence electrons. The largest absolute Gasteiger partial charge is 0.366 e. The van der Waals surface area contributed by atoms with Crippen LogP contribution in [0.1, 0.15) is 17.3 Å². The molecule has 3 rings (SSSR count). The van der Waals surface area contributed by atoms with Crippen molar-refractivity contribution < 1.29 is 19.5 Å². The zero-order valence-electron chi connectivity index (χ0n) is 14.1. The molecule has 5 N–H and O–H groups in total. The van der Waals surface area contributed by atoms with Gasteiger partial charge in [-0.15, -0.1) is 11.3 Å². The second kappa shape index (κ2) is 7.62. The van der Waals surface area contributed by atoms with E-state index in [4.69, 9.17) is 5.73 Å². The normalized spacial score (nSPS) is 16.4. The van der Waals surface area contributed by atoms with Gasteiger partial charge in [0.1, 0.15) is 31.2 Å². The molecule has 1 saturated heterocycles. The molecule has 0 saturated carbocycles. The van der Waals surface area contributed by atoms with Crippen molar-refractivity contribution in [1.29, 1.82) is 0 Å². The maximum absolute atomic E-state index is 12.5. The highest BCUT2D eigenvalue weighted by Gasteiger charge is 2.32. The molecule has 0 bridgehead atoms. The van der Waals surface area contributed by atoms with Gasteiger partial charge in [-0.2, -0.15) is 0 Å². The number of aromatic nitrogens is 1. The van der Waals surface area contributed by atoms with Crippen LogP contribution in [-0.2, 0) is 4.79 Å².